The monoisotopic (exact) mass is 334 g/mol. The van der Waals surface area contributed by atoms with Crippen LogP contribution < -0.4 is 4.90 Å². The van der Waals surface area contributed by atoms with Gasteiger partial charge in [0, 0.05) is 45.2 Å². The Labute approximate surface area is 145 Å². The summed E-state index contributed by atoms with van der Waals surface area (Å²) in [5.41, 5.74) is 0. The number of piperidine rings is 1. The first-order valence-corrected chi connectivity index (χ1v) is 9.02. The summed E-state index contributed by atoms with van der Waals surface area (Å²) in [5.74, 6) is 0.988. The molecule has 0 aromatic carbocycles. The molecule has 1 saturated heterocycles. The fourth-order valence-corrected chi connectivity index (χ4v) is 3.44. The summed E-state index contributed by atoms with van der Waals surface area (Å²) >= 11 is 0. The van der Waals surface area contributed by atoms with E-state index in [-0.39, 0.29) is 17.9 Å². The van der Waals surface area contributed by atoms with E-state index in [4.69, 9.17) is 4.74 Å². The summed E-state index contributed by atoms with van der Waals surface area (Å²) in [6, 6.07) is 2.10. The van der Waals surface area contributed by atoms with Crippen molar-refractivity contribution >= 4 is 11.9 Å². The van der Waals surface area contributed by atoms with Crippen LogP contribution in [0.4, 0.5) is 5.95 Å². The van der Waals surface area contributed by atoms with Crippen molar-refractivity contribution in [1.29, 1.82) is 0 Å². The molecule has 1 aromatic rings. The van der Waals surface area contributed by atoms with E-state index < -0.39 is 0 Å². The van der Waals surface area contributed by atoms with Gasteiger partial charge in [-0.05, 0) is 31.7 Å². The Morgan fingerprint density at radius 1 is 1.38 bits per heavy atom. The minimum atomic E-state index is 0.0139. The lowest BCUT2D eigenvalue weighted by atomic mass is 9.95. The Balaban J connectivity index is 2.07. The predicted octanol–water partition coefficient (Wildman–Crippen LogP) is 2.36. The summed E-state index contributed by atoms with van der Waals surface area (Å²) in [6.45, 7) is 7.16. The van der Waals surface area contributed by atoms with E-state index in [2.05, 4.69) is 28.7 Å². The average molecular weight is 334 g/mol. The number of ether oxygens (including phenoxy) is 1. The third kappa shape index (κ3) is 4.66. The number of rotatable bonds is 8. The minimum absolute atomic E-state index is 0.0139. The Morgan fingerprint density at radius 2 is 2.08 bits per heavy atom. The van der Waals surface area contributed by atoms with Gasteiger partial charge in [0.15, 0.2) is 0 Å². The SMILES string of the molecule is CCC(CC)N(CCOC)C(=O)C1CCCN(c2ncccn2)C1. The van der Waals surface area contributed by atoms with Crippen LogP contribution in [0.2, 0.25) is 0 Å². The van der Waals surface area contributed by atoms with Gasteiger partial charge in [0.2, 0.25) is 11.9 Å². The molecule has 0 spiro atoms. The van der Waals surface area contributed by atoms with E-state index in [0.29, 0.717) is 19.7 Å². The largest absolute Gasteiger partial charge is 0.383 e. The van der Waals surface area contributed by atoms with E-state index >= 15 is 0 Å². The van der Waals surface area contributed by atoms with Crippen LogP contribution in [0, 0.1) is 5.92 Å². The molecule has 2 rings (SSSR count). The first kappa shape index (κ1) is 18.6. The van der Waals surface area contributed by atoms with Crippen molar-refractivity contribution in [2.24, 2.45) is 5.92 Å². The lowest BCUT2D eigenvalue weighted by molar-refractivity contribution is -0.139. The van der Waals surface area contributed by atoms with Crippen LogP contribution in [0.5, 0.6) is 0 Å². The van der Waals surface area contributed by atoms with Crippen LogP contribution in [0.3, 0.4) is 0 Å². The van der Waals surface area contributed by atoms with Gasteiger partial charge in [0.1, 0.15) is 0 Å². The number of hydrogen-bond donors (Lipinski definition) is 0. The van der Waals surface area contributed by atoms with Crippen LogP contribution in [0.25, 0.3) is 0 Å². The topological polar surface area (TPSA) is 58.6 Å². The number of carbonyl (C=O) groups is 1. The highest BCUT2D eigenvalue weighted by Gasteiger charge is 2.32. The quantitative estimate of drug-likeness (QED) is 0.730. The molecule has 6 nitrogen and oxygen atoms in total. The molecular formula is C18H30N4O2. The summed E-state index contributed by atoms with van der Waals surface area (Å²) in [7, 11) is 1.69. The Morgan fingerprint density at radius 3 is 2.71 bits per heavy atom. The molecule has 2 heterocycles. The minimum Gasteiger partial charge on any atom is -0.383 e. The standard InChI is InChI=1S/C18H30N4O2/c1-4-16(5-2)22(12-13-24-3)17(23)15-8-6-11-21(14-15)18-19-9-7-10-20-18/h7,9-10,15-16H,4-6,8,11-14H2,1-3H3. The maximum Gasteiger partial charge on any atom is 0.227 e. The zero-order chi connectivity index (χ0) is 17.4. The zero-order valence-electron chi connectivity index (χ0n) is 15.1. The fourth-order valence-electron chi connectivity index (χ4n) is 3.44. The van der Waals surface area contributed by atoms with E-state index in [9.17, 15) is 4.79 Å². The smallest absolute Gasteiger partial charge is 0.227 e. The predicted molar refractivity (Wildman–Crippen MR) is 94.9 cm³/mol. The number of hydrogen-bond acceptors (Lipinski definition) is 5. The third-order valence-electron chi connectivity index (χ3n) is 4.81. The van der Waals surface area contributed by atoms with Crippen molar-refractivity contribution in [3.05, 3.63) is 18.5 Å². The second kappa shape index (κ2) is 9.57. The zero-order valence-corrected chi connectivity index (χ0v) is 15.1. The molecule has 0 bridgehead atoms. The van der Waals surface area contributed by atoms with Gasteiger partial charge < -0.3 is 14.5 Å². The molecule has 1 aromatic heterocycles. The van der Waals surface area contributed by atoms with Gasteiger partial charge in [0.05, 0.1) is 12.5 Å². The molecule has 0 aliphatic carbocycles. The number of carbonyl (C=O) groups excluding carboxylic acids is 1. The van der Waals surface area contributed by atoms with E-state index in [1.54, 1.807) is 19.5 Å². The first-order chi connectivity index (χ1) is 11.7. The molecule has 1 fully saturated rings. The van der Waals surface area contributed by atoms with Crippen molar-refractivity contribution in [3.63, 3.8) is 0 Å². The highest BCUT2D eigenvalue weighted by atomic mass is 16.5. The summed E-state index contributed by atoms with van der Waals surface area (Å²) in [5, 5.41) is 0. The van der Waals surface area contributed by atoms with Crippen LogP contribution in [0.15, 0.2) is 18.5 Å². The molecule has 1 unspecified atom stereocenters. The van der Waals surface area contributed by atoms with Gasteiger partial charge in [-0.25, -0.2) is 9.97 Å². The van der Waals surface area contributed by atoms with Crippen LogP contribution in [-0.4, -0.2) is 60.2 Å². The molecule has 24 heavy (non-hydrogen) atoms. The van der Waals surface area contributed by atoms with Crippen molar-refractivity contribution in [2.45, 2.75) is 45.6 Å². The molecule has 1 atom stereocenters. The maximum atomic E-state index is 13.1. The van der Waals surface area contributed by atoms with E-state index in [1.165, 1.54) is 0 Å². The summed E-state index contributed by atoms with van der Waals surface area (Å²) in [6.07, 6.45) is 7.39. The molecule has 0 radical (unpaired) electrons. The Bertz CT molecular complexity index is 493. The van der Waals surface area contributed by atoms with Crippen molar-refractivity contribution < 1.29 is 9.53 Å². The number of anilines is 1. The van der Waals surface area contributed by atoms with Gasteiger partial charge >= 0.3 is 0 Å². The van der Waals surface area contributed by atoms with Gasteiger partial charge in [-0.1, -0.05) is 13.8 Å². The maximum absolute atomic E-state index is 13.1. The molecule has 1 amide bonds. The second-order valence-electron chi connectivity index (χ2n) is 6.33. The van der Waals surface area contributed by atoms with E-state index in [0.717, 1.165) is 38.2 Å². The molecule has 1 aliphatic rings. The first-order valence-electron chi connectivity index (χ1n) is 9.02. The van der Waals surface area contributed by atoms with Crippen LogP contribution in [-0.2, 0) is 9.53 Å². The summed E-state index contributed by atoms with van der Waals surface area (Å²) < 4.78 is 5.22. The number of aromatic nitrogens is 2. The molecule has 0 saturated carbocycles. The van der Waals surface area contributed by atoms with Crippen molar-refractivity contribution in [1.82, 2.24) is 14.9 Å². The van der Waals surface area contributed by atoms with Gasteiger partial charge in [-0.15, -0.1) is 0 Å². The number of nitrogens with zero attached hydrogens (tertiary/aromatic N) is 4. The van der Waals surface area contributed by atoms with E-state index in [1.807, 2.05) is 11.0 Å². The van der Waals surface area contributed by atoms with Gasteiger partial charge in [-0.2, -0.15) is 0 Å². The van der Waals surface area contributed by atoms with Crippen LogP contribution in [0.1, 0.15) is 39.5 Å². The third-order valence-corrected chi connectivity index (χ3v) is 4.81. The number of methoxy groups -OCH3 is 1. The summed E-state index contributed by atoms with van der Waals surface area (Å²) in [4.78, 5) is 26.0. The molecule has 134 valence electrons. The lowest BCUT2D eigenvalue weighted by Gasteiger charge is -2.37. The molecule has 0 N–H and O–H groups in total. The average Bonchev–Trinajstić information content (AvgIpc) is 2.65. The highest BCUT2D eigenvalue weighted by molar-refractivity contribution is 5.80. The molecule has 6 heteroatoms. The Kier molecular flexibility index (Phi) is 7.43. The second-order valence-corrected chi connectivity index (χ2v) is 6.33. The van der Waals surface area contributed by atoms with Crippen molar-refractivity contribution in [3.8, 4) is 0 Å². The fraction of sp³-hybridized carbons (Fsp3) is 0.722. The Hall–Kier alpha value is -1.69. The van der Waals surface area contributed by atoms with Crippen LogP contribution >= 0.6 is 0 Å². The molecule has 1 aliphatic heterocycles. The van der Waals surface area contributed by atoms with Gasteiger partial charge in [-0.3, -0.25) is 4.79 Å². The van der Waals surface area contributed by atoms with Gasteiger partial charge in [0.25, 0.3) is 0 Å². The lowest BCUT2D eigenvalue weighted by Crippen LogP contribution is -2.49. The molecular weight excluding hydrogens is 304 g/mol. The number of amides is 1. The highest BCUT2D eigenvalue weighted by Crippen LogP contribution is 2.23. The van der Waals surface area contributed by atoms with Crippen molar-refractivity contribution in [2.75, 3.05) is 38.3 Å². The normalized spacial score (nSPS) is 18.0.